The SMILES string of the molecule is CN1CCC(Cc2ncnc3ccc(-c4c[nH]c5ncccc45)cc23)CC1. The molecule has 5 nitrogen and oxygen atoms in total. The molecular weight excluding hydrogens is 334 g/mol. The summed E-state index contributed by atoms with van der Waals surface area (Å²) in [4.78, 5) is 19.2. The fourth-order valence-electron chi connectivity index (χ4n) is 4.17. The lowest BCUT2D eigenvalue weighted by atomic mass is 9.91. The molecule has 5 rings (SSSR count). The lowest BCUT2D eigenvalue weighted by molar-refractivity contribution is 0.218. The summed E-state index contributed by atoms with van der Waals surface area (Å²) in [5, 5.41) is 2.32. The van der Waals surface area contributed by atoms with Crippen molar-refractivity contribution in [1.29, 1.82) is 0 Å². The molecule has 1 fully saturated rings. The third-order valence-electron chi connectivity index (χ3n) is 5.80. The number of nitrogens with zero attached hydrogens (tertiary/aromatic N) is 4. The second-order valence-corrected chi connectivity index (χ2v) is 7.60. The third kappa shape index (κ3) is 3.08. The highest BCUT2D eigenvalue weighted by molar-refractivity contribution is 5.96. The monoisotopic (exact) mass is 357 g/mol. The largest absolute Gasteiger partial charge is 0.346 e. The molecule has 4 aromatic rings. The predicted molar refractivity (Wildman–Crippen MR) is 109 cm³/mol. The smallest absolute Gasteiger partial charge is 0.137 e. The Balaban J connectivity index is 1.54. The van der Waals surface area contributed by atoms with Crippen LogP contribution in [-0.4, -0.2) is 45.0 Å². The molecule has 0 unspecified atom stereocenters. The number of nitrogens with one attached hydrogen (secondary N) is 1. The van der Waals surface area contributed by atoms with Crippen LogP contribution in [0.5, 0.6) is 0 Å². The molecule has 0 saturated carbocycles. The van der Waals surface area contributed by atoms with Crippen molar-refractivity contribution in [3.63, 3.8) is 0 Å². The number of pyridine rings is 1. The van der Waals surface area contributed by atoms with Gasteiger partial charge in [0.05, 0.1) is 11.2 Å². The zero-order valence-electron chi connectivity index (χ0n) is 15.5. The van der Waals surface area contributed by atoms with Crippen LogP contribution in [0.15, 0.2) is 49.1 Å². The van der Waals surface area contributed by atoms with Crippen molar-refractivity contribution in [1.82, 2.24) is 24.8 Å². The van der Waals surface area contributed by atoms with Crippen LogP contribution in [0.2, 0.25) is 0 Å². The molecule has 0 bridgehead atoms. The summed E-state index contributed by atoms with van der Waals surface area (Å²) in [5.41, 5.74) is 5.47. The minimum absolute atomic E-state index is 0.709. The second kappa shape index (κ2) is 6.74. The zero-order valence-corrected chi connectivity index (χ0v) is 15.5. The summed E-state index contributed by atoms with van der Waals surface area (Å²) in [7, 11) is 2.21. The minimum Gasteiger partial charge on any atom is -0.346 e. The number of aromatic amines is 1. The van der Waals surface area contributed by atoms with Gasteiger partial charge in [0, 0.05) is 28.7 Å². The zero-order chi connectivity index (χ0) is 18.2. The quantitative estimate of drug-likeness (QED) is 0.601. The fourth-order valence-corrected chi connectivity index (χ4v) is 4.17. The Hall–Kier alpha value is -2.79. The number of hydrogen-bond acceptors (Lipinski definition) is 4. The van der Waals surface area contributed by atoms with Crippen molar-refractivity contribution in [2.75, 3.05) is 20.1 Å². The summed E-state index contributed by atoms with van der Waals surface area (Å²) >= 11 is 0. The van der Waals surface area contributed by atoms with E-state index in [1.54, 1.807) is 6.33 Å². The molecular formula is C22H23N5. The second-order valence-electron chi connectivity index (χ2n) is 7.60. The van der Waals surface area contributed by atoms with Gasteiger partial charge in [-0.15, -0.1) is 0 Å². The van der Waals surface area contributed by atoms with E-state index < -0.39 is 0 Å². The summed E-state index contributed by atoms with van der Waals surface area (Å²) in [5.74, 6) is 0.709. The first kappa shape index (κ1) is 16.4. The van der Waals surface area contributed by atoms with Crippen LogP contribution in [-0.2, 0) is 6.42 Å². The van der Waals surface area contributed by atoms with Crippen LogP contribution >= 0.6 is 0 Å². The van der Waals surface area contributed by atoms with E-state index in [0.29, 0.717) is 5.92 Å². The van der Waals surface area contributed by atoms with Crippen molar-refractivity contribution >= 4 is 21.9 Å². The molecule has 1 N–H and O–H groups in total. The van der Waals surface area contributed by atoms with E-state index in [4.69, 9.17) is 0 Å². The van der Waals surface area contributed by atoms with Crippen molar-refractivity contribution in [2.24, 2.45) is 5.92 Å². The Morgan fingerprint density at radius 2 is 1.96 bits per heavy atom. The Labute approximate surface area is 158 Å². The topological polar surface area (TPSA) is 57.7 Å². The molecule has 0 amide bonds. The third-order valence-corrected chi connectivity index (χ3v) is 5.80. The lowest BCUT2D eigenvalue weighted by Gasteiger charge is -2.28. The molecule has 4 heterocycles. The van der Waals surface area contributed by atoms with Crippen LogP contribution in [0.1, 0.15) is 18.5 Å². The molecule has 27 heavy (non-hydrogen) atoms. The van der Waals surface area contributed by atoms with Gasteiger partial charge in [-0.25, -0.2) is 15.0 Å². The summed E-state index contributed by atoms with van der Waals surface area (Å²) in [6, 6.07) is 10.6. The summed E-state index contributed by atoms with van der Waals surface area (Å²) in [6.45, 7) is 2.36. The van der Waals surface area contributed by atoms with Crippen LogP contribution in [0.3, 0.4) is 0 Å². The number of H-pyrrole nitrogens is 1. The Kier molecular flexibility index (Phi) is 4.09. The Morgan fingerprint density at radius 1 is 1.07 bits per heavy atom. The van der Waals surface area contributed by atoms with Gasteiger partial charge in [0.15, 0.2) is 0 Å². The average molecular weight is 357 g/mol. The normalized spacial score (nSPS) is 16.3. The first-order valence-electron chi connectivity index (χ1n) is 9.62. The van der Waals surface area contributed by atoms with E-state index >= 15 is 0 Å². The van der Waals surface area contributed by atoms with Crippen molar-refractivity contribution in [3.05, 3.63) is 54.7 Å². The van der Waals surface area contributed by atoms with Gasteiger partial charge < -0.3 is 9.88 Å². The number of benzene rings is 1. The number of fused-ring (bicyclic) bond motifs is 2. The Bertz CT molecular complexity index is 1090. The molecule has 1 aromatic carbocycles. The van der Waals surface area contributed by atoms with Crippen LogP contribution in [0.4, 0.5) is 0 Å². The van der Waals surface area contributed by atoms with Gasteiger partial charge in [0.1, 0.15) is 12.0 Å². The minimum atomic E-state index is 0.709. The van der Waals surface area contributed by atoms with Crippen LogP contribution in [0, 0.1) is 5.92 Å². The molecule has 1 saturated heterocycles. The van der Waals surface area contributed by atoms with Gasteiger partial charge in [-0.05, 0) is 75.1 Å². The average Bonchev–Trinajstić information content (AvgIpc) is 3.14. The molecule has 0 spiro atoms. The maximum absolute atomic E-state index is 4.66. The molecule has 0 radical (unpaired) electrons. The van der Waals surface area contributed by atoms with E-state index in [2.05, 4.69) is 56.1 Å². The molecule has 5 heteroatoms. The Morgan fingerprint density at radius 3 is 2.85 bits per heavy atom. The van der Waals surface area contributed by atoms with Crippen molar-refractivity contribution in [2.45, 2.75) is 19.3 Å². The van der Waals surface area contributed by atoms with Gasteiger partial charge in [-0.3, -0.25) is 0 Å². The first-order valence-corrected chi connectivity index (χ1v) is 9.62. The van der Waals surface area contributed by atoms with E-state index in [9.17, 15) is 0 Å². The van der Waals surface area contributed by atoms with Crippen LogP contribution in [0.25, 0.3) is 33.1 Å². The number of rotatable bonds is 3. The molecule has 3 aromatic heterocycles. The fraction of sp³-hybridized carbons (Fsp3) is 0.318. The molecule has 136 valence electrons. The maximum Gasteiger partial charge on any atom is 0.137 e. The summed E-state index contributed by atoms with van der Waals surface area (Å²) in [6.07, 6.45) is 9.09. The molecule has 1 aliphatic rings. The molecule has 1 aliphatic heterocycles. The van der Waals surface area contributed by atoms with Crippen molar-refractivity contribution < 1.29 is 0 Å². The van der Waals surface area contributed by atoms with Gasteiger partial charge in [-0.1, -0.05) is 6.07 Å². The van der Waals surface area contributed by atoms with Gasteiger partial charge in [-0.2, -0.15) is 0 Å². The first-order chi connectivity index (χ1) is 13.3. The van der Waals surface area contributed by atoms with Gasteiger partial charge in [0.2, 0.25) is 0 Å². The number of aromatic nitrogens is 4. The number of piperidine rings is 1. The highest BCUT2D eigenvalue weighted by Gasteiger charge is 2.19. The molecule has 0 atom stereocenters. The van der Waals surface area contributed by atoms with E-state index in [-0.39, 0.29) is 0 Å². The number of likely N-dealkylation sites (tertiary alicyclic amines) is 1. The highest BCUT2D eigenvalue weighted by Crippen LogP contribution is 2.31. The highest BCUT2D eigenvalue weighted by atomic mass is 15.1. The standard InChI is InChI=1S/C22H23N5/c1-27-9-6-15(7-10-27)11-21-18-12-16(4-5-20(18)25-14-26-21)19-13-24-22-17(19)3-2-8-23-22/h2-5,8,12-15H,6-7,9-11H2,1H3,(H,23,24). The summed E-state index contributed by atoms with van der Waals surface area (Å²) < 4.78 is 0. The molecule has 0 aliphatic carbocycles. The van der Waals surface area contributed by atoms with E-state index in [0.717, 1.165) is 23.0 Å². The maximum atomic E-state index is 4.66. The lowest BCUT2D eigenvalue weighted by Crippen LogP contribution is -2.31. The van der Waals surface area contributed by atoms with E-state index in [1.165, 1.54) is 48.1 Å². The van der Waals surface area contributed by atoms with Crippen LogP contribution < -0.4 is 0 Å². The number of hydrogen-bond donors (Lipinski definition) is 1. The van der Waals surface area contributed by atoms with Crippen molar-refractivity contribution in [3.8, 4) is 11.1 Å². The van der Waals surface area contributed by atoms with Gasteiger partial charge >= 0.3 is 0 Å². The van der Waals surface area contributed by atoms with Gasteiger partial charge in [0.25, 0.3) is 0 Å². The predicted octanol–water partition coefficient (Wildman–Crippen LogP) is 4.06. The van der Waals surface area contributed by atoms with E-state index in [1.807, 2.05) is 18.5 Å².